The second kappa shape index (κ2) is 5.16. The molecule has 84 valence electrons. The van der Waals surface area contributed by atoms with Crippen LogP contribution in [0.4, 0.5) is 13.2 Å². The summed E-state index contributed by atoms with van der Waals surface area (Å²) >= 11 is 0. The van der Waals surface area contributed by atoms with Gasteiger partial charge >= 0.3 is 0 Å². The molecule has 0 amide bonds. The summed E-state index contributed by atoms with van der Waals surface area (Å²) in [6.07, 6.45) is 1.82. The quantitative estimate of drug-likeness (QED) is 0.609. The minimum atomic E-state index is -1.10. The van der Waals surface area contributed by atoms with Gasteiger partial charge in [-0.15, -0.1) is 0 Å². The SMILES string of the molecule is Cc1c(F)c(F)cc(CCCCN)c1F. The van der Waals surface area contributed by atoms with Gasteiger partial charge in [0.25, 0.3) is 0 Å². The molecule has 0 atom stereocenters. The van der Waals surface area contributed by atoms with E-state index in [0.717, 1.165) is 12.5 Å². The molecule has 0 fully saturated rings. The van der Waals surface area contributed by atoms with E-state index in [1.54, 1.807) is 0 Å². The summed E-state index contributed by atoms with van der Waals surface area (Å²) in [6.45, 7) is 1.75. The van der Waals surface area contributed by atoms with Crippen LogP contribution >= 0.6 is 0 Å². The number of nitrogens with two attached hydrogens (primary N) is 1. The lowest BCUT2D eigenvalue weighted by atomic mass is 10.0. The molecule has 2 N–H and O–H groups in total. The van der Waals surface area contributed by atoms with Crippen molar-refractivity contribution in [3.05, 3.63) is 34.6 Å². The molecule has 1 nitrogen and oxygen atoms in total. The van der Waals surface area contributed by atoms with Crippen molar-refractivity contribution >= 4 is 0 Å². The average molecular weight is 217 g/mol. The number of aryl methyl sites for hydroxylation is 1. The third-order valence-electron chi connectivity index (χ3n) is 2.35. The number of rotatable bonds is 4. The molecular weight excluding hydrogens is 203 g/mol. The maximum atomic E-state index is 13.4. The number of halogens is 3. The standard InChI is InChI=1S/C11H14F3N/c1-7-10(13)8(4-2-3-5-15)6-9(12)11(7)14/h6H,2-5,15H2,1H3. The predicted octanol–water partition coefficient (Wildman–Crippen LogP) is 2.69. The topological polar surface area (TPSA) is 26.0 Å². The first-order valence-electron chi connectivity index (χ1n) is 4.91. The van der Waals surface area contributed by atoms with Gasteiger partial charge in [0, 0.05) is 5.56 Å². The molecule has 0 aromatic heterocycles. The van der Waals surface area contributed by atoms with Crippen LogP contribution in [-0.4, -0.2) is 6.54 Å². The van der Waals surface area contributed by atoms with E-state index in [4.69, 9.17) is 5.73 Å². The summed E-state index contributed by atoms with van der Waals surface area (Å²) in [5.74, 6) is -2.74. The van der Waals surface area contributed by atoms with Gasteiger partial charge < -0.3 is 5.73 Å². The van der Waals surface area contributed by atoms with Crippen molar-refractivity contribution in [3.63, 3.8) is 0 Å². The van der Waals surface area contributed by atoms with E-state index in [1.807, 2.05) is 0 Å². The van der Waals surface area contributed by atoms with E-state index < -0.39 is 17.5 Å². The Morgan fingerprint density at radius 1 is 1.13 bits per heavy atom. The van der Waals surface area contributed by atoms with Gasteiger partial charge in [-0.1, -0.05) is 0 Å². The largest absolute Gasteiger partial charge is 0.330 e. The fourth-order valence-electron chi connectivity index (χ4n) is 1.44. The molecule has 0 unspecified atom stereocenters. The zero-order valence-corrected chi connectivity index (χ0v) is 8.62. The van der Waals surface area contributed by atoms with Crippen molar-refractivity contribution in [3.8, 4) is 0 Å². The first-order valence-corrected chi connectivity index (χ1v) is 4.91. The van der Waals surface area contributed by atoms with E-state index in [1.165, 1.54) is 6.92 Å². The molecule has 0 heterocycles. The van der Waals surface area contributed by atoms with Crippen molar-refractivity contribution in [2.75, 3.05) is 6.54 Å². The Labute approximate surface area is 87.1 Å². The highest BCUT2D eigenvalue weighted by Crippen LogP contribution is 2.20. The summed E-state index contributed by atoms with van der Waals surface area (Å²) < 4.78 is 39.3. The Hall–Kier alpha value is -1.03. The summed E-state index contributed by atoms with van der Waals surface area (Å²) in [5, 5.41) is 0. The first kappa shape index (κ1) is 12.0. The van der Waals surface area contributed by atoms with Gasteiger partial charge in [-0.25, -0.2) is 13.2 Å². The lowest BCUT2D eigenvalue weighted by molar-refractivity contribution is 0.479. The second-order valence-electron chi connectivity index (χ2n) is 3.52. The molecule has 0 radical (unpaired) electrons. The van der Waals surface area contributed by atoms with Gasteiger partial charge in [0.15, 0.2) is 11.6 Å². The zero-order chi connectivity index (χ0) is 11.4. The van der Waals surface area contributed by atoms with Crippen LogP contribution in [0.5, 0.6) is 0 Å². The minimum Gasteiger partial charge on any atom is -0.330 e. The van der Waals surface area contributed by atoms with Gasteiger partial charge in [-0.3, -0.25) is 0 Å². The van der Waals surface area contributed by atoms with E-state index in [0.29, 0.717) is 19.4 Å². The Morgan fingerprint density at radius 3 is 2.40 bits per heavy atom. The number of hydrogen-bond acceptors (Lipinski definition) is 1. The van der Waals surface area contributed by atoms with Gasteiger partial charge in [0.05, 0.1) is 0 Å². The third kappa shape index (κ3) is 2.72. The molecule has 0 spiro atoms. The second-order valence-corrected chi connectivity index (χ2v) is 3.52. The molecular formula is C11H14F3N. The maximum absolute atomic E-state index is 13.4. The normalized spacial score (nSPS) is 10.7. The van der Waals surface area contributed by atoms with Crippen molar-refractivity contribution in [1.29, 1.82) is 0 Å². The molecule has 15 heavy (non-hydrogen) atoms. The molecule has 0 saturated heterocycles. The minimum absolute atomic E-state index is 0.222. The number of unbranched alkanes of at least 4 members (excludes halogenated alkanes) is 1. The molecule has 4 heteroatoms. The first-order chi connectivity index (χ1) is 7.07. The van der Waals surface area contributed by atoms with Crippen molar-refractivity contribution in [2.45, 2.75) is 26.2 Å². The summed E-state index contributed by atoms with van der Waals surface area (Å²) in [5.41, 5.74) is 5.26. The third-order valence-corrected chi connectivity index (χ3v) is 2.35. The lowest BCUT2D eigenvalue weighted by Gasteiger charge is -2.07. The van der Waals surface area contributed by atoms with Gasteiger partial charge in [-0.2, -0.15) is 0 Å². The number of hydrogen-bond donors (Lipinski definition) is 1. The molecule has 0 aliphatic rings. The van der Waals surface area contributed by atoms with Crippen LogP contribution in [0.25, 0.3) is 0 Å². The molecule has 0 aliphatic heterocycles. The van der Waals surface area contributed by atoms with E-state index >= 15 is 0 Å². The molecule has 1 rings (SSSR count). The Balaban J connectivity index is 2.89. The predicted molar refractivity (Wildman–Crippen MR) is 53.0 cm³/mol. The maximum Gasteiger partial charge on any atom is 0.164 e. The highest BCUT2D eigenvalue weighted by Gasteiger charge is 2.14. The van der Waals surface area contributed by atoms with Gasteiger partial charge in [0.1, 0.15) is 5.82 Å². The zero-order valence-electron chi connectivity index (χ0n) is 8.62. The Kier molecular flexibility index (Phi) is 4.15. The smallest absolute Gasteiger partial charge is 0.164 e. The van der Waals surface area contributed by atoms with Crippen LogP contribution in [0.1, 0.15) is 24.0 Å². The van der Waals surface area contributed by atoms with Gasteiger partial charge in [-0.05, 0) is 44.4 Å². The fraction of sp³-hybridized carbons (Fsp3) is 0.455. The van der Waals surface area contributed by atoms with E-state index in [9.17, 15) is 13.2 Å². The lowest BCUT2D eigenvalue weighted by Crippen LogP contribution is -2.03. The van der Waals surface area contributed by atoms with Crippen LogP contribution in [-0.2, 0) is 6.42 Å². The molecule has 1 aromatic carbocycles. The van der Waals surface area contributed by atoms with Crippen molar-refractivity contribution in [1.82, 2.24) is 0 Å². The summed E-state index contributed by atoms with van der Waals surface area (Å²) in [6, 6.07) is 0.925. The van der Waals surface area contributed by atoms with Crippen LogP contribution in [0.3, 0.4) is 0 Å². The Bertz CT molecular complexity index is 350. The van der Waals surface area contributed by atoms with Gasteiger partial charge in [0.2, 0.25) is 0 Å². The molecule has 0 bridgehead atoms. The van der Waals surface area contributed by atoms with Crippen LogP contribution < -0.4 is 5.73 Å². The molecule has 1 aromatic rings. The van der Waals surface area contributed by atoms with Crippen molar-refractivity contribution < 1.29 is 13.2 Å². The number of benzene rings is 1. The average Bonchev–Trinajstić information content (AvgIpc) is 2.23. The van der Waals surface area contributed by atoms with E-state index in [2.05, 4.69) is 0 Å². The van der Waals surface area contributed by atoms with Crippen LogP contribution in [0.2, 0.25) is 0 Å². The molecule has 0 saturated carbocycles. The summed E-state index contributed by atoms with van der Waals surface area (Å²) in [4.78, 5) is 0. The van der Waals surface area contributed by atoms with E-state index in [-0.39, 0.29) is 11.1 Å². The molecule has 0 aliphatic carbocycles. The fourth-order valence-corrected chi connectivity index (χ4v) is 1.44. The summed E-state index contributed by atoms with van der Waals surface area (Å²) in [7, 11) is 0. The monoisotopic (exact) mass is 217 g/mol. The van der Waals surface area contributed by atoms with Crippen molar-refractivity contribution in [2.24, 2.45) is 5.73 Å². The van der Waals surface area contributed by atoms with Crippen LogP contribution in [0.15, 0.2) is 6.07 Å². The highest BCUT2D eigenvalue weighted by atomic mass is 19.2. The Morgan fingerprint density at radius 2 is 1.80 bits per heavy atom. The highest BCUT2D eigenvalue weighted by molar-refractivity contribution is 5.27. The van der Waals surface area contributed by atoms with Crippen LogP contribution in [0, 0.1) is 24.4 Å².